The third-order valence-electron chi connectivity index (χ3n) is 3.39. The molecular formula is C15H14FN3. The van der Waals surface area contributed by atoms with Crippen molar-refractivity contribution in [3.05, 3.63) is 53.3 Å². The molecule has 96 valence electrons. The van der Waals surface area contributed by atoms with E-state index in [4.69, 9.17) is 5.73 Å². The van der Waals surface area contributed by atoms with Crippen LogP contribution < -0.4 is 5.73 Å². The molecule has 0 atom stereocenters. The summed E-state index contributed by atoms with van der Waals surface area (Å²) in [5.74, 6) is 0.0566. The number of nitrogens with zero attached hydrogens (tertiary/aromatic N) is 2. The van der Waals surface area contributed by atoms with Gasteiger partial charge in [-0.05, 0) is 49.2 Å². The van der Waals surface area contributed by atoms with Crippen LogP contribution in [-0.4, -0.2) is 9.55 Å². The Kier molecular flexibility index (Phi) is 2.52. The first-order chi connectivity index (χ1) is 9.06. The van der Waals surface area contributed by atoms with E-state index in [9.17, 15) is 4.39 Å². The van der Waals surface area contributed by atoms with E-state index < -0.39 is 0 Å². The van der Waals surface area contributed by atoms with Crippen LogP contribution in [0.1, 0.15) is 11.1 Å². The summed E-state index contributed by atoms with van der Waals surface area (Å²) in [4.78, 5) is 4.20. The first-order valence-electron chi connectivity index (χ1n) is 6.07. The largest absolute Gasteiger partial charge is 0.369 e. The Labute approximate surface area is 110 Å². The molecule has 0 aliphatic heterocycles. The third-order valence-corrected chi connectivity index (χ3v) is 3.39. The summed E-state index contributed by atoms with van der Waals surface area (Å²) in [6, 6.07) is 10.6. The minimum atomic E-state index is -0.308. The lowest BCUT2D eigenvalue weighted by Crippen LogP contribution is -2.01. The number of fused-ring (bicyclic) bond motifs is 1. The zero-order valence-corrected chi connectivity index (χ0v) is 10.8. The Morgan fingerprint density at radius 1 is 1.05 bits per heavy atom. The van der Waals surface area contributed by atoms with E-state index in [2.05, 4.69) is 18.0 Å². The van der Waals surface area contributed by atoms with Crippen LogP contribution in [0, 0.1) is 19.7 Å². The van der Waals surface area contributed by atoms with Crippen molar-refractivity contribution in [2.45, 2.75) is 13.8 Å². The fourth-order valence-electron chi connectivity index (χ4n) is 2.21. The fraction of sp³-hybridized carbons (Fsp3) is 0.133. The first-order valence-corrected chi connectivity index (χ1v) is 6.07. The average Bonchev–Trinajstić information content (AvgIpc) is 2.68. The molecule has 0 saturated carbocycles. The Morgan fingerprint density at radius 2 is 1.84 bits per heavy atom. The van der Waals surface area contributed by atoms with Crippen LogP contribution in [0.4, 0.5) is 10.3 Å². The lowest BCUT2D eigenvalue weighted by molar-refractivity contribution is 0.629. The van der Waals surface area contributed by atoms with Crippen molar-refractivity contribution in [3.63, 3.8) is 0 Å². The first kappa shape index (κ1) is 11.7. The Bertz CT molecular complexity index is 774. The van der Waals surface area contributed by atoms with Crippen LogP contribution in [0.15, 0.2) is 36.4 Å². The summed E-state index contributed by atoms with van der Waals surface area (Å²) in [6.45, 7) is 4.11. The molecule has 0 aliphatic rings. The quantitative estimate of drug-likeness (QED) is 0.724. The number of nitrogens with two attached hydrogens (primary N) is 1. The summed E-state index contributed by atoms with van der Waals surface area (Å²) in [5, 5.41) is 0. The number of imidazole rings is 1. The molecule has 0 unspecified atom stereocenters. The van der Waals surface area contributed by atoms with E-state index in [1.54, 1.807) is 6.07 Å². The fourth-order valence-corrected chi connectivity index (χ4v) is 2.21. The van der Waals surface area contributed by atoms with Crippen LogP contribution >= 0.6 is 0 Å². The number of aromatic nitrogens is 2. The van der Waals surface area contributed by atoms with Crippen molar-refractivity contribution in [2.75, 3.05) is 5.73 Å². The van der Waals surface area contributed by atoms with Gasteiger partial charge in [-0.3, -0.25) is 4.57 Å². The molecule has 1 heterocycles. The standard InChI is InChI=1S/C15H14FN3/c1-9-3-5-12(7-10(9)2)19-14-6-4-11(16)8-13(14)18-15(19)17/h3-8H,1-2H3,(H2,17,18). The van der Waals surface area contributed by atoms with E-state index in [-0.39, 0.29) is 5.82 Å². The van der Waals surface area contributed by atoms with Gasteiger partial charge in [0.25, 0.3) is 0 Å². The maximum absolute atomic E-state index is 13.2. The number of anilines is 1. The Balaban J connectivity index is 2.29. The molecule has 19 heavy (non-hydrogen) atoms. The number of nitrogen functional groups attached to an aromatic ring is 1. The molecule has 3 rings (SSSR count). The summed E-state index contributed by atoms with van der Waals surface area (Å²) in [6.07, 6.45) is 0. The van der Waals surface area contributed by atoms with Gasteiger partial charge in [-0.25, -0.2) is 9.37 Å². The lowest BCUT2D eigenvalue weighted by Gasteiger charge is -2.09. The highest BCUT2D eigenvalue weighted by molar-refractivity contribution is 5.80. The summed E-state index contributed by atoms with van der Waals surface area (Å²) in [5.41, 5.74) is 10.7. The number of aryl methyl sites for hydroxylation is 2. The molecule has 1 aromatic heterocycles. The van der Waals surface area contributed by atoms with Crippen molar-refractivity contribution in [2.24, 2.45) is 0 Å². The van der Waals surface area contributed by atoms with E-state index in [0.717, 1.165) is 11.2 Å². The summed E-state index contributed by atoms with van der Waals surface area (Å²) in [7, 11) is 0. The van der Waals surface area contributed by atoms with Gasteiger partial charge in [0, 0.05) is 11.8 Å². The van der Waals surface area contributed by atoms with Crippen LogP contribution in [0.2, 0.25) is 0 Å². The van der Waals surface area contributed by atoms with Crippen LogP contribution in [0.3, 0.4) is 0 Å². The highest BCUT2D eigenvalue weighted by Gasteiger charge is 2.11. The van der Waals surface area contributed by atoms with Crippen LogP contribution in [-0.2, 0) is 0 Å². The van der Waals surface area contributed by atoms with Gasteiger partial charge in [0.15, 0.2) is 0 Å². The van der Waals surface area contributed by atoms with E-state index in [1.807, 2.05) is 23.6 Å². The van der Waals surface area contributed by atoms with E-state index in [0.29, 0.717) is 11.5 Å². The van der Waals surface area contributed by atoms with Gasteiger partial charge in [0.1, 0.15) is 5.82 Å². The van der Waals surface area contributed by atoms with Gasteiger partial charge in [-0.1, -0.05) is 6.07 Å². The molecule has 4 heteroatoms. The van der Waals surface area contributed by atoms with Crippen LogP contribution in [0.25, 0.3) is 16.7 Å². The molecule has 2 aromatic carbocycles. The predicted octanol–water partition coefficient (Wildman–Crippen LogP) is 3.36. The Hall–Kier alpha value is -2.36. The molecular weight excluding hydrogens is 241 g/mol. The highest BCUT2D eigenvalue weighted by atomic mass is 19.1. The zero-order chi connectivity index (χ0) is 13.6. The second-order valence-electron chi connectivity index (χ2n) is 4.71. The van der Waals surface area contributed by atoms with Gasteiger partial charge in [0.2, 0.25) is 5.95 Å². The molecule has 0 bridgehead atoms. The second kappa shape index (κ2) is 4.09. The topological polar surface area (TPSA) is 43.8 Å². The highest BCUT2D eigenvalue weighted by Crippen LogP contribution is 2.24. The third kappa shape index (κ3) is 1.85. The normalized spacial score (nSPS) is 11.1. The smallest absolute Gasteiger partial charge is 0.205 e. The molecule has 3 nitrogen and oxygen atoms in total. The molecule has 3 aromatic rings. The predicted molar refractivity (Wildman–Crippen MR) is 74.9 cm³/mol. The second-order valence-corrected chi connectivity index (χ2v) is 4.71. The molecule has 0 aliphatic carbocycles. The number of hydrogen-bond acceptors (Lipinski definition) is 2. The molecule has 2 N–H and O–H groups in total. The maximum Gasteiger partial charge on any atom is 0.205 e. The van der Waals surface area contributed by atoms with Gasteiger partial charge in [0.05, 0.1) is 11.0 Å². The molecule has 0 spiro atoms. The van der Waals surface area contributed by atoms with Gasteiger partial charge in [-0.2, -0.15) is 0 Å². The van der Waals surface area contributed by atoms with Crippen molar-refractivity contribution >= 4 is 17.0 Å². The Morgan fingerprint density at radius 3 is 2.58 bits per heavy atom. The summed E-state index contributed by atoms with van der Waals surface area (Å²) >= 11 is 0. The molecule has 0 fully saturated rings. The van der Waals surface area contributed by atoms with E-state index >= 15 is 0 Å². The molecule has 0 radical (unpaired) electrons. The SMILES string of the molecule is Cc1ccc(-n2c(N)nc3cc(F)ccc32)cc1C. The molecule has 0 saturated heterocycles. The minimum absolute atomic E-state index is 0.308. The van der Waals surface area contributed by atoms with Crippen LogP contribution in [0.5, 0.6) is 0 Å². The number of halogens is 1. The number of benzene rings is 2. The van der Waals surface area contributed by atoms with Crippen molar-refractivity contribution < 1.29 is 4.39 Å². The van der Waals surface area contributed by atoms with Gasteiger partial charge >= 0.3 is 0 Å². The van der Waals surface area contributed by atoms with E-state index in [1.165, 1.54) is 23.3 Å². The number of rotatable bonds is 1. The van der Waals surface area contributed by atoms with Crippen molar-refractivity contribution in [1.82, 2.24) is 9.55 Å². The zero-order valence-electron chi connectivity index (χ0n) is 10.8. The monoisotopic (exact) mass is 255 g/mol. The van der Waals surface area contributed by atoms with Gasteiger partial charge < -0.3 is 5.73 Å². The maximum atomic E-state index is 13.2. The average molecular weight is 255 g/mol. The van der Waals surface area contributed by atoms with Crippen molar-refractivity contribution in [3.8, 4) is 5.69 Å². The molecule has 0 amide bonds. The minimum Gasteiger partial charge on any atom is -0.369 e. The number of hydrogen-bond donors (Lipinski definition) is 1. The lowest BCUT2D eigenvalue weighted by atomic mass is 10.1. The summed E-state index contributed by atoms with van der Waals surface area (Å²) < 4.78 is 15.0. The van der Waals surface area contributed by atoms with Gasteiger partial charge in [-0.15, -0.1) is 0 Å². The van der Waals surface area contributed by atoms with Crippen molar-refractivity contribution in [1.29, 1.82) is 0 Å².